The first kappa shape index (κ1) is 12.9. The standard InChI is InChI=1S/C14H23N3O2/c18-13-6-5-12(15-13)14(19)17-9-7-16(8-10-17)11-3-1-2-4-11/h11-12H,1-10H2,(H,15,18). The van der Waals surface area contributed by atoms with Crippen molar-refractivity contribution >= 4 is 11.8 Å². The number of carbonyl (C=O) groups excluding carboxylic acids is 2. The molecule has 2 amide bonds. The zero-order valence-electron chi connectivity index (χ0n) is 11.4. The highest BCUT2D eigenvalue weighted by Crippen LogP contribution is 2.24. The van der Waals surface area contributed by atoms with Gasteiger partial charge in [0.25, 0.3) is 0 Å². The zero-order chi connectivity index (χ0) is 13.2. The van der Waals surface area contributed by atoms with Crippen LogP contribution in [-0.2, 0) is 9.59 Å². The number of piperazine rings is 1. The summed E-state index contributed by atoms with van der Waals surface area (Å²) in [5.41, 5.74) is 0. The van der Waals surface area contributed by atoms with Crippen molar-refractivity contribution in [3.8, 4) is 0 Å². The molecule has 0 aromatic carbocycles. The second kappa shape index (κ2) is 5.49. The lowest BCUT2D eigenvalue weighted by Crippen LogP contribution is -2.54. The van der Waals surface area contributed by atoms with Gasteiger partial charge >= 0.3 is 0 Å². The highest BCUT2D eigenvalue weighted by Gasteiger charge is 2.33. The molecule has 0 radical (unpaired) electrons. The molecule has 106 valence electrons. The Hall–Kier alpha value is -1.10. The van der Waals surface area contributed by atoms with Gasteiger partial charge in [-0.2, -0.15) is 0 Å². The smallest absolute Gasteiger partial charge is 0.245 e. The quantitative estimate of drug-likeness (QED) is 0.784. The third kappa shape index (κ3) is 2.76. The molecule has 0 aromatic rings. The highest BCUT2D eigenvalue weighted by molar-refractivity contribution is 5.90. The number of rotatable bonds is 2. The van der Waals surface area contributed by atoms with Gasteiger partial charge in [-0.05, 0) is 19.3 Å². The van der Waals surface area contributed by atoms with Gasteiger partial charge in [0.05, 0.1) is 0 Å². The predicted octanol–water partition coefficient (Wildman–Crippen LogP) is 0.352. The van der Waals surface area contributed by atoms with Crippen molar-refractivity contribution in [1.29, 1.82) is 0 Å². The Bertz CT molecular complexity index is 358. The van der Waals surface area contributed by atoms with E-state index in [9.17, 15) is 9.59 Å². The SMILES string of the molecule is O=C1CCC(C(=O)N2CCN(C3CCCC3)CC2)N1. The van der Waals surface area contributed by atoms with Gasteiger partial charge in [-0.25, -0.2) is 0 Å². The number of nitrogens with one attached hydrogen (secondary N) is 1. The van der Waals surface area contributed by atoms with E-state index in [2.05, 4.69) is 10.2 Å². The summed E-state index contributed by atoms with van der Waals surface area (Å²) < 4.78 is 0. The van der Waals surface area contributed by atoms with Crippen molar-refractivity contribution in [3.63, 3.8) is 0 Å². The van der Waals surface area contributed by atoms with Crippen molar-refractivity contribution in [1.82, 2.24) is 15.1 Å². The summed E-state index contributed by atoms with van der Waals surface area (Å²) in [6.45, 7) is 3.64. The fourth-order valence-electron chi connectivity index (χ4n) is 3.60. The maximum absolute atomic E-state index is 12.3. The van der Waals surface area contributed by atoms with Crippen molar-refractivity contribution in [2.24, 2.45) is 0 Å². The molecule has 0 bridgehead atoms. The van der Waals surface area contributed by atoms with E-state index in [1.54, 1.807) is 0 Å². The average molecular weight is 265 g/mol. The van der Waals surface area contributed by atoms with Gasteiger partial charge in [0.15, 0.2) is 0 Å². The minimum Gasteiger partial charge on any atom is -0.344 e. The van der Waals surface area contributed by atoms with Crippen LogP contribution in [0.2, 0.25) is 0 Å². The van der Waals surface area contributed by atoms with Gasteiger partial charge in [0.1, 0.15) is 6.04 Å². The third-order valence-corrected chi connectivity index (χ3v) is 4.76. The minimum atomic E-state index is -0.259. The summed E-state index contributed by atoms with van der Waals surface area (Å²) in [5, 5.41) is 2.77. The van der Waals surface area contributed by atoms with Crippen molar-refractivity contribution < 1.29 is 9.59 Å². The Morgan fingerprint density at radius 3 is 2.32 bits per heavy atom. The molecule has 3 fully saturated rings. The molecule has 1 atom stereocenters. The number of hydrogen-bond donors (Lipinski definition) is 1. The second-order valence-corrected chi connectivity index (χ2v) is 5.96. The van der Waals surface area contributed by atoms with E-state index in [4.69, 9.17) is 0 Å². The molecule has 1 aliphatic carbocycles. The Kier molecular flexibility index (Phi) is 3.73. The Morgan fingerprint density at radius 2 is 1.74 bits per heavy atom. The van der Waals surface area contributed by atoms with E-state index >= 15 is 0 Å². The van der Waals surface area contributed by atoms with Crippen LogP contribution in [0.15, 0.2) is 0 Å². The molecule has 3 aliphatic rings. The summed E-state index contributed by atoms with van der Waals surface area (Å²) in [6.07, 6.45) is 6.54. The molecule has 19 heavy (non-hydrogen) atoms. The number of carbonyl (C=O) groups is 2. The van der Waals surface area contributed by atoms with Crippen molar-refractivity contribution in [3.05, 3.63) is 0 Å². The fraction of sp³-hybridized carbons (Fsp3) is 0.857. The molecule has 3 rings (SSSR count). The van der Waals surface area contributed by atoms with Gasteiger partial charge in [0, 0.05) is 38.6 Å². The molecule has 2 aliphatic heterocycles. The third-order valence-electron chi connectivity index (χ3n) is 4.76. The topological polar surface area (TPSA) is 52.7 Å². The fourth-order valence-corrected chi connectivity index (χ4v) is 3.60. The maximum Gasteiger partial charge on any atom is 0.245 e. The predicted molar refractivity (Wildman–Crippen MR) is 71.6 cm³/mol. The number of amides is 2. The normalized spacial score (nSPS) is 29.8. The van der Waals surface area contributed by atoms with Crippen molar-refractivity contribution in [2.45, 2.75) is 50.6 Å². The van der Waals surface area contributed by atoms with Crippen LogP contribution in [0.5, 0.6) is 0 Å². The summed E-state index contributed by atoms with van der Waals surface area (Å²) in [4.78, 5) is 27.9. The molecule has 5 nitrogen and oxygen atoms in total. The van der Waals surface area contributed by atoms with Crippen LogP contribution < -0.4 is 5.32 Å². The van der Waals surface area contributed by atoms with E-state index in [0.717, 1.165) is 32.2 Å². The lowest BCUT2D eigenvalue weighted by molar-refractivity contribution is -0.136. The summed E-state index contributed by atoms with van der Waals surface area (Å²) in [5.74, 6) is 0.139. The average Bonchev–Trinajstić information content (AvgIpc) is 3.09. The summed E-state index contributed by atoms with van der Waals surface area (Å²) >= 11 is 0. The summed E-state index contributed by atoms with van der Waals surface area (Å²) in [6, 6.07) is 0.494. The molecule has 1 saturated carbocycles. The van der Waals surface area contributed by atoms with Gasteiger partial charge in [-0.3, -0.25) is 14.5 Å². The van der Waals surface area contributed by atoms with Crippen molar-refractivity contribution in [2.75, 3.05) is 26.2 Å². The van der Waals surface area contributed by atoms with Gasteiger partial charge in [-0.15, -0.1) is 0 Å². The van der Waals surface area contributed by atoms with E-state index in [1.165, 1.54) is 25.7 Å². The van der Waals surface area contributed by atoms with Crippen LogP contribution >= 0.6 is 0 Å². The Balaban J connectivity index is 1.49. The van der Waals surface area contributed by atoms with E-state index in [1.807, 2.05) is 4.90 Å². The molecular formula is C14H23N3O2. The minimum absolute atomic E-state index is 0.0166. The Morgan fingerprint density at radius 1 is 1.05 bits per heavy atom. The molecule has 0 spiro atoms. The van der Waals surface area contributed by atoms with Crippen LogP contribution in [0.1, 0.15) is 38.5 Å². The molecule has 5 heteroatoms. The lowest BCUT2D eigenvalue weighted by atomic mass is 10.1. The monoisotopic (exact) mass is 265 g/mol. The van der Waals surface area contributed by atoms with Crippen LogP contribution in [0.3, 0.4) is 0 Å². The van der Waals surface area contributed by atoms with E-state index in [0.29, 0.717) is 12.8 Å². The lowest BCUT2D eigenvalue weighted by Gasteiger charge is -2.38. The van der Waals surface area contributed by atoms with E-state index in [-0.39, 0.29) is 17.9 Å². The number of nitrogens with zero attached hydrogens (tertiary/aromatic N) is 2. The summed E-state index contributed by atoms with van der Waals surface area (Å²) in [7, 11) is 0. The molecule has 2 heterocycles. The largest absolute Gasteiger partial charge is 0.344 e. The first-order chi connectivity index (χ1) is 9.24. The van der Waals surface area contributed by atoms with Crippen LogP contribution in [0.25, 0.3) is 0 Å². The molecular weight excluding hydrogens is 242 g/mol. The Labute approximate surface area is 114 Å². The highest BCUT2D eigenvalue weighted by atomic mass is 16.2. The van der Waals surface area contributed by atoms with Crippen LogP contribution in [0, 0.1) is 0 Å². The number of hydrogen-bond acceptors (Lipinski definition) is 3. The van der Waals surface area contributed by atoms with E-state index < -0.39 is 0 Å². The second-order valence-electron chi connectivity index (χ2n) is 5.96. The molecule has 1 unspecified atom stereocenters. The van der Waals surface area contributed by atoms with Gasteiger partial charge in [0.2, 0.25) is 11.8 Å². The van der Waals surface area contributed by atoms with Crippen LogP contribution in [0.4, 0.5) is 0 Å². The molecule has 2 saturated heterocycles. The van der Waals surface area contributed by atoms with Gasteiger partial charge in [-0.1, -0.05) is 12.8 Å². The van der Waals surface area contributed by atoms with Gasteiger partial charge < -0.3 is 10.2 Å². The molecule has 0 aromatic heterocycles. The maximum atomic E-state index is 12.3. The first-order valence-corrected chi connectivity index (χ1v) is 7.56. The zero-order valence-corrected chi connectivity index (χ0v) is 11.4. The van der Waals surface area contributed by atoms with Crippen LogP contribution in [-0.4, -0.2) is 59.9 Å². The first-order valence-electron chi connectivity index (χ1n) is 7.56. The molecule has 1 N–H and O–H groups in total.